The van der Waals surface area contributed by atoms with E-state index in [4.69, 9.17) is 0 Å². The molecule has 2 aliphatic rings. The molecule has 2 aliphatic heterocycles. The van der Waals surface area contributed by atoms with E-state index in [1.165, 1.54) is 0 Å². The summed E-state index contributed by atoms with van der Waals surface area (Å²) in [6, 6.07) is 2.02. The number of aryl methyl sites for hydroxylation is 1. The lowest BCUT2D eigenvalue weighted by molar-refractivity contribution is 0.0776. The minimum Gasteiger partial charge on any atom is -0.396 e. The van der Waals surface area contributed by atoms with Gasteiger partial charge in [-0.05, 0) is 39.8 Å². The molecule has 26 heavy (non-hydrogen) atoms. The fourth-order valence-electron chi connectivity index (χ4n) is 4.55. The van der Waals surface area contributed by atoms with Crippen molar-refractivity contribution in [3.05, 3.63) is 23.0 Å². The van der Waals surface area contributed by atoms with Gasteiger partial charge < -0.3 is 24.4 Å². The van der Waals surface area contributed by atoms with Crippen molar-refractivity contribution in [1.29, 1.82) is 0 Å². The van der Waals surface area contributed by atoms with E-state index in [1.54, 1.807) is 0 Å². The number of piperazine rings is 1. The predicted molar refractivity (Wildman–Crippen MR) is 103 cm³/mol. The minimum absolute atomic E-state index is 0.122. The van der Waals surface area contributed by atoms with Gasteiger partial charge in [0.05, 0.1) is 5.56 Å². The second-order valence-electron chi connectivity index (χ2n) is 8.05. The van der Waals surface area contributed by atoms with Crippen molar-refractivity contribution in [3.8, 4) is 0 Å². The molecule has 2 saturated heterocycles. The van der Waals surface area contributed by atoms with Crippen molar-refractivity contribution in [3.63, 3.8) is 0 Å². The molecule has 146 valence electrons. The van der Waals surface area contributed by atoms with Crippen LogP contribution in [0, 0.1) is 25.7 Å². The first-order chi connectivity index (χ1) is 12.4. The summed E-state index contributed by atoms with van der Waals surface area (Å²) in [5, 5.41) is 9.85. The van der Waals surface area contributed by atoms with Crippen molar-refractivity contribution < 1.29 is 9.90 Å². The molecule has 6 heteroatoms. The van der Waals surface area contributed by atoms with Gasteiger partial charge in [0.25, 0.3) is 5.91 Å². The molecule has 0 bridgehead atoms. The maximum Gasteiger partial charge on any atom is 0.255 e. The molecule has 1 aromatic rings. The highest BCUT2D eigenvalue weighted by Gasteiger charge is 2.37. The molecule has 1 N–H and O–H groups in total. The number of likely N-dealkylation sites (tertiary alicyclic amines) is 1. The van der Waals surface area contributed by atoms with Crippen LogP contribution in [0.5, 0.6) is 0 Å². The topological polar surface area (TPSA) is 52.0 Å². The van der Waals surface area contributed by atoms with Crippen LogP contribution in [0.1, 0.15) is 28.7 Å². The van der Waals surface area contributed by atoms with Gasteiger partial charge in [-0.15, -0.1) is 0 Å². The summed E-state index contributed by atoms with van der Waals surface area (Å²) >= 11 is 0. The summed E-state index contributed by atoms with van der Waals surface area (Å²) in [4.78, 5) is 19.9. The van der Waals surface area contributed by atoms with Crippen LogP contribution in [0.2, 0.25) is 0 Å². The summed E-state index contributed by atoms with van der Waals surface area (Å²) < 4.78 is 2.19. The lowest BCUT2D eigenvalue weighted by atomic mass is 9.96. The van der Waals surface area contributed by atoms with Crippen molar-refractivity contribution in [2.45, 2.75) is 27.3 Å². The zero-order valence-corrected chi connectivity index (χ0v) is 16.7. The van der Waals surface area contributed by atoms with Crippen LogP contribution >= 0.6 is 0 Å². The quantitative estimate of drug-likeness (QED) is 0.851. The number of nitrogens with zero attached hydrogens (tertiary/aromatic N) is 4. The Kier molecular flexibility index (Phi) is 6.05. The van der Waals surface area contributed by atoms with Crippen LogP contribution in [0.4, 0.5) is 0 Å². The maximum absolute atomic E-state index is 13.1. The summed E-state index contributed by atoms with van der Waals surface area (Å²) in [5.41, 5.74) is 3.01. The van der Waals surface area contributed by atoms with Crippen molar-refractivity contribution in [2.24, 2.45) is 11.8 Å². The zero-order valence-electron chi connectivity index (χ0n) is 16.7. The number of aliphatic hydroxyl groups excluding tert-OH is 1. The molecule has 0 unspecified atom stereocenters. The molecule has 0 aromatic carbocycles. The Labute approximate surface area is 157 Å². The van der Waals surface area contributed by atoms with Gasteiger partial charge in [0, 0.05) is 76.3 Å². The van der Waals surface area contributed by atoms with E-state index in [2.05, 4.69) is 35.3 Å². The number of rotatable bonds is 5. The van der Waals surface area contributed by atoms with Crippen LogP contribution < -0.4 is 0 Å². The molecule has 2 atom stereocenters. The van der Waals surface area contributed by atoms with Crippen LogP contribution in [0.15, 0.2) is 6.07 Å². The standard InChI is InChI=1S/C20H34N4O2/c1-5-24-15(2)10-19(16(24)3)20(26)23-12-17(18(13-23)14-25)11-22-8-6-21(4)7-9-22/h10,17-18,25H,5-9,11-14H2,1-4H3/t17-,18-/m1/s1. The second-order valence-corrected chi connectivity index (χ2v) is 8.05. The van der Waals surface area contributed by atoms with E-state index in [0.717, 1.165) is 62.8 Å². The van der Waals surface area contributed by atoms with E-state index in [1.807, 2.05) is 17.9 Å². The van der Waals surface area contributed by atoms with Gasteiger partial charge in [-0.25, -0.2) is 0 Å². The van der Waals surface area contributed by atoms with Crippen molar-refractivity contribution in [2.75, 3.05) is 59.5 Å². The van der Waals surface area contributed by atoms with Crippen molar-refractivity contribution >= 4 is 5.91 Å². The van der Waals surface area contributed by atoms with E-state index in [9.17, 15) is 9.90 Å². The van der Waals surface area contributed by atoms with Gasteiger partial charge in [-0.2, -0.15) is 0 Å². The first kappa shape index (κ1) is 19.4. The van der Waals surface area contributed by atoms with Crippen molar-refractivity contribution in [1.82, 2.24) is 19.3 Å². The normalized spacial score (nSPS) is 25.2. The Bertz CT molecular complexity index is 634. The molecule has 6 nitrogen and oxygen atoms in total. The third-order valence-corrected chi connectivity index (χ3v) is 6.31. The lowest BCUT2D eigenvalue weighted by Crippen LogP contribution is -2.47. The van der Waals surface area contributed by atoms with E-state index >= 15 is 0 Å². The van der Waals surface area contributed by atoms with Crippen LogP contribution in [-0.2, 0) is 6.54 Å². The Balaban J connectivity index is 1.67. The van der Waals surface area contributed by atoms with Gasteiger partial charge in [-0.1, -0.05) is 0 Å². The highest BCUT2D eigenvalue weighted by Crippen LogP contribution is 2.27. The van der Waals surface area contributed by atoms with Gasteiger partial charge in [0.15, 0.2) is 0 Å². The maximum atomic E-state index is 13.1. The number of amides is 1. The number of carbonyl (C=O) groups excluding carboxylic acids is 1. The van der Waals surface area contributed by atoms with Gasteiger partial charge >= 0.3 is 0 Å². The minimum atomic E-state index is 0.122. The van der Waals surface area contributed by atoms with Gasteiger partial charge in [0.1, 0.15) is 0 Å². The molecule has 0 radical (unpaired) electrons. The first-order valence-electron chi connectivity index (χ1n) is 9.92. The highest BCUT2D eigenvalue weighted by atomic mass is 16.3. The number of hydrogen-bond acceptors (Lipinski definition) is 4. The number of aliphatic hydroxyl groups is 1. The van der Waals surface area contributed by atoms with Crippen LogP contribution in [0.25, 0.3) is 0 Å². The average molecular weight is 363 g/mol. The Morgan fingerprint density at radius 3 is 2.38 bits per heavy atom. The summed E-state index contributed by atoms with van der Waals surface area (Å²) in [5.74, 6) is 0.674. The fourth-order valence-corrected chi connectivity index (χ4v) is 4.55. The predicted octanol–water partition coefficient (Wildman–Crippen LogP) is 1.05. The monoisotopic (exact) mass is 362 g/mol. The SMILES string of the molecule is CCn1c(C)cc(C(=O)N2C[C@@H](CN3CCN(C)CC3)[C@@H](CO)C2)c1C. The highest BCUT2D eigenvalue weighted by molar-refractivity contribution is 5.96. The molecule has 0 saturated carbocycles. The number of carbonyl (C=O) groups is 1. The lowest BCUT2D eigenvalue weighted by Gasteiger charge is -2.34. The molecule has 1 aromatic heterocycles. The number of hydrogen-bond donors (Lipinski definition) is 1. The smallest absolute Gasteiger partial charge is 0.255 e. The molecule has 3 heterocycles. The van der Waals surface area contributed by atoms with Crippen LogP contribution in [-0.4, -0.2) is 89.7 Å². The zero-order chi connectivity index (χ0) is 18.8. The van der Waals surface area contributed by atoms with E-state index in [0.29, 0.717) is 12.5 Å². The fraction of sp³-hybridized carbons (Fsp3) is 0.750. The van der Waals surface area contributed by atoms with Gasteiger partial charge in [-0.3, -0.25) is 4.79 Å². The summed E-state index contributed by atoms with van der Waals surface area (Å²) in [6.45, 7) is 14.0. The molecular formula is C20H34N4O2. The molecule has 2 fully saturated rings. The molecule has 0 aliphatic carbocycles. The van der Waals surface area contributed by atoms with Crippen LogP contribution in [0.3, 0.4) is 0 Å². The third kappa shape index (κ3) is 3.82. The van der Waals surface area contributed by atoms with E-state index in [-0.39, 0.29) is 18.4 Å². The first-order valence-corrected chi connectivity index (χ1v) is 9.92. The third-order valence-electron chi connectivity index (χ3n) is 6.31. The number of likely N-dealkylation sites (N-methyl/N-ethyl adjacent to an activating group) is 1. The number of aromatic nitrogens is 1. The molecule has 0 spiro atoms. The Morgan fingerprint density at radius 2 is 1.81 bits per heavy atom. The summed E-state index contributed by atoms with van der Waals surface area (Å²) in [7, 11) is 2.16. The Morgan fingerprint density at radius 1 is 1.15 bits per heavy atom. The molecule has 3 rings (SSSR count). The average Bonchev–Trinajstić information content (AvgIpc) is 3.16. The largest absolute Gasteiger partial charge is 0.396 e. The summed E-state index contributed by atoms with van der Waals surface area (Å²) in [6.07, 6.45) is 0. The second kappa shape index (κ2) is 8.11. The molecule has 1 amide bonds. The van der Waals surface area contributed by atoms with E-state index < -0.39 is 0 Å². The molecular weight excluding hydrogens is 328 g/mol. The van der Waals surface area contributed by atoms with Gasteiger partial charge in [0.2, 0.25) is 0 Å². The Hall–Kier alpha value is -1.37.